The SMILES string of the molecule is O=C(O)c1ccc(CCN2C(=O)CCN2C/C=C/[CH-]O)cc1.[U].[V]. The molecule has 6 nitrogen and oxygen atoms in total. The van der Waals surface area contributed by atoms with E-state index < -0.39 is 5.97 Å². The number of aliphatic hydroxyl groups excluding tert-OH is 1. The summed E-state index contributed by atoms with van der Waals surface area (Å²) in [5, 5.41) is 21.1. The molecule has 1 heterocycles. The van der Waals surface area contributed by atoms with E-state index in [0.29, 0.717) is 32.5 Å². The largest absolute Gasteiger partial charge is 0.478 e. The quantitative estimate of drug-likeness (QED) is 0.470. The molecular weight excluding hydrogens is 573 g/mol. The van der Waals surface area contributed by atoms with Crippen LogP contribution in [0.25, 0.3) is 0 Å². The number of hydrogen-bond donors (Lipinski definition) is 2. The summed E-state index contributed by atoms with van der Waals surface area (Å²) >= 11 is 0. The molecule has 24 heavy (non-hydrogen) atoms. The zero-order valence-corrected chi connectivity index (χ0v) is 18.7. The first-order chi connectivity index (χ1) is 10.6. The van der Waals surface area contributed by atoms with Gasteiger partial charge in [-0.05, 0) is 30.7 Å². The minimum atomic E-state index is -0.945. The van der Waals surface area contributed by atoms with Crippen molar-refractivity contribution >= 4 is 11.9 Å². The number of carboxylic acid groups (broad SMARTS) is 1. The minimum Gasteiger partial charge on any atom is -0.478 e. The number of benzene rings is 1. The van der Waals surface area contributed by atoms with Gasteiger partial charge >= 0.3 is 5.97 Å². The predicted octanol–water partition coefficient (Wildman–Crippen LogP) is 1.46. The van der Waals surface area contributed by atoms with Gasteiger partial charge in [0.05, 0.1) is 5.56 Å². The Hall–Kier alpha value is -0.674. The fraction of sp³-hybridized carbons (Fsp3) is 0.312. The average Bonchev–Trinajstić information content (AvgIpc) is 2.86. The molecule has 1 amide bonds. The molecule has 1 fully saturated rings. The predicted molar refractivity (Wildman–Crippen MR) is 80.4 cm³/mol. The van der Waals surface area contributed by atoms with Crippen molar-refractivity contribution in [2.24, 2.45) is 0 Å². The summed E-state index contributed by atoms with van der Waals surface area (Å²) in [4.78, 5) is 22.7. The molecule has 0 bridgehead atoms. The van der Waals surface area contributed by atoms with Gasteiger partial charge < -0.3 is 10.2 Å². The van der Waals surface area contributed by atoms with Crippen molar-refractivity contribution in [2.45, 2.75) is 12.8 Å². The monoisotopic (exact) mass is 592 g/mol. The molecular formula is C16H19N2O4UV-. The summed E-state index contributed by atoms with van der Waals surface area (Å²) in [7, 11) is 0. The Morgan fingerprint density at radius 2 is 1.96 bits per heavy atom. The Balaban J connectivity index is 0.00000264. The van der Waals surface area contributed by atoms with E-state index in [1.807, 2.05) is 5.01 Å². The van der Waals surface area contributed by atoms with Crippen molar-refractivity contribution in [3.63, 3.8) is 0 Å². The van der Waals surface area contributed by atoms with Crippen molar-refractivity contribution in [3.8, 4) is 0 Å². The number of carbonyl (C=O) groups excluding carboxylic acids is 1. The van der Waals surface area contributed by atoms with Gasteiger partial charge in [0.2, 0.25) is 5.91 Å². The van der Waals surface area contributed by atoms with E-state index in [2.05, 4.69) is 0 Å². The van der Waals surface area contributed by atoms with E-state index in [-0.39, 0.29) is 61.1 Å². The molecule has 0 aliphatic carbocycles. The van der Waals surface area contributed by atoms with Crippen LogP contribution in [-0.2, 0) is 29.8 Å². The van der Waals surface area contributed by atoms with Gasteiger partial charge in [0.25, 0.3) is 0 Å². The van der Waals surface area contributed by atoms with Crippen LogP contribution in [0.2, 0.25) is 0 Å². The fourth-order valence-electron chi connectivity index (χ4n) is 2.38. The molecule has 0 spiro atoms. The normalized spacial score (nSPS) is 14.4. The molecule has 1 aliphatic heterocycles. The Bertz CT molecular complexity index is 566. The number of carboxylic acids is 1. The first-order valence-electron chi connectivity index (χ1n) is 7.12. The summed E-state index contributed by atoms with van der Waals surface area (Å²) in [6.07, 6.45) is 4.48. The van der Waals surface area contributed by atoms with Crippen LogP contribution in [0.15, 0.2) is 36.4 Å². The Morgan fingerprint density at radius 3 is 2.54 bits per heavy atom. The number of rotatable bonds is 7. The maximum atomic E-state index is 11.9. The number of hydrazine groups is 1. The molecule has 127 valence electrons. The number of aliphatic hydroxyl groups is 1. The van der Waals surface area contributed by atoms with Crippen molar-refractivity contribution < 1.29 is 69.5 Å². The summed E-state index contributed by atoms with van der Waals surface area (Å²) in [5.41, 5.74) is 1.25. The molecule has 1 aliphatic rings. The molecule has 2 N–H and O–H groups in total. The van der Waals surface area contributed by atoms with Crippen molar-refractivity contribution in [2.75, 3.05) is 19.6 Å². The molecule has 0 unspecified atom stereocenters. The van der Waals surface area contributed by atoms with E-state index >= 15 is 0 Å². The van der Waals surface area contributed by atoms with Crippen LogP contribution < -0.4 is 0 Å². The van der Waals surface area contributed by atoms with Crippen LogP contribution in [-0.4, -0.2) is 51.7 Å². The summed E-state index contributed by atoms with van der Waals surface area (Å²) in [6, 6.07) is 6.69. The Labute approximate surface area is 177 Å². The van der Waals surface area contributed by atoms with Gasteiger partial charge in [-0.1, -0.05) is 12.1 Å². The zero-order valence-electron chi connectivity index (χ0n) is 13.1. The van der Waals surface area contributed by atoms with Crippen LogP contribution in [0.3, 0.4) is 0 Å². The number of hydrogen-bond acceptors (Lipinski definition) is 4. The molecule has 1 radical (unpaired) electrons. The van der Waals surface area contributed by atoms with Gasteiger partial charge in [0.1, 0.15) is 0 Å². The molecule has 1 saturated heterocycles. The number of nitrogens with zero attached hydrogens (tertiary/aromatic N) is 2. The van der Waals surface area contributed by atoms with Gasteiger partial charge in [-0.25, -0.2) is 22.0 Å². The van der Waals surface area contributed by atoms with Crippen LogP contribution in [0.4, 0.5) is 0 Å². The molecule has 0 atom stereocenters. The van der Waals surface area contributed by atoms with E-state index in [9.17, 15) is 9.59 Å². The molecule has 1 aromatic carbocycles. The average molecular weight is 592 g/mol. The van der Waals surface area contributed by atoms with E-state index in [0.717, 1.165) is 12.2 Å². The summed E-state index contributed by atoms with van der Waals surface area (Å²) in [6.45, 7) is 2.77. The number of aromatic carboxylic acids is 1. The maximum Gasteiger partial charge on any atom is 0.335 e. The van der Waals surface area contributed by atoms with Gasteiger partial charge in [0, 0.05) is 69.2 Å². The smallest absolute Gasteiger partial charge is 0.335 e. The third-order valence-corrected chi connectivity index (χ3v) is 3.56. The van der Waals surface area contributed by atoms with E-state index in [1.165, 1.54) is 6.08 Å². The third kappa shape index (κ3) is 6.68. The fourth-order valence-corrected chi connectivity index (χ4v) is 2.38. The third-order valence-electron chi connectivity index (χ3n) is 3.56. The first kappa shape index (κ1) is 23.3. The maximum absolute atomic E-state index is 11.9. The van der Waals surface area contributed by atoms with Crippen LogP contribution in [0, 0.1) is 37.7 Å². The molecule has 1 aromatic rings. The molecule has 0 aromatic heterocycles. The van der Waals surface area contributed by atoms with Gasteiger partial charge in [-0.15, -0.1) is 6.61 Å². The van der Waals surface area contributed by atoms with Crippen LogP contribution in [0.1, 0.15) is 22.3 Å². The van der Waals surface area contributed by atoms with Crippen LogP contribution >= 0.6 is 0 Å². The van der Waals surface area contributed by atoms with Crippen molar-refractivity contribution in [1.29, 1.82) is 0 Å². The Morgan fingerprint density at radius 1 is 1.29 bits per heavy atom. The van der Waals surface area contributed by atoms with Gasteiger partial charge in [0.15, 0.2) is 0 Å². The topological polar surface area (TPSA) is 81.1 Å². The molecule has 8 heteroatoms. The second-order valence-electron chi connectivity index (χ2n) is 5.01. The molecule has 2 rings (SSSR count). The van der Waals surface area contributed by atoms with E-state index in [4.69, 9.17) is 10.2 Å². The second kappa shape index (κ2) is 11.8. The standard InChI is InChI=1S/C16H19N2O4.U.V/c19-12-2-1-9-17-10-8-15(20)18(17)11-7-13-3-5-14(6-4-13)16(21)22;;/h1-6,12,19H,7-11H2,(H,21,22);;/q-1;;/b2-1+;;. The summed E-state index contributed by atoms with van der Waals surface area (Å²) in [5.74, 6) is -0.858. The minimum absolute atomic E-state index is 0. The number of carbonyl (C=O) groups is 2. The second-order valence-corrected chi connectivity index (χ2v) is 5.01. The van der Waals surface area contributed by atoms with Gasteiger partial charge in [-0.2, -0.15) is 0 Å². The van der Waals surface area contributed by atoms with Crippen LogP contribution in [0.5, 0.6) is 0 Å². The van der Waals surface area contributed by atoms with Crippen molar-refractivity contribution in [1.82, 2.24) is 10.0 Å². The Kier molecular flexibility index (Phi) is 11.5. The van der Waals surface area contributed by atoms with Gasteiger partial charge in [-0.3, -0.25) is 9.80 Å². The van der Waals surface area contributed by atoms with E-state index in [1.54, 1.807) is 35.4 Å². The molecule has 0 saturated carbocycles. The zero-order chi connectivity index (χ0) is 15.9. The first-order valence-corrected chi connectivity index (χ1v) is 7.12. The number of amides is 1. The summed E-state index contributed by atoms with van der Waals surface area (Å²) < 4.78 is 0. The van der Waals surface area contributed by atoms with Crippen molar-refractivity contribution in [3.05, 3.63) is 54.2 Å².